The lowest BCUT2D eigenvalue weighted by molar-refractivity contribution is -0.155. The fraction of sp³-hybridized carbons (Fsp3) is 0.667. The van der Waals surface area contributed by atoms with Crippen LogP contribution in [0.1, 0.15) is 17.9 Å². The van der Waals surface area contributed by atoms with Crippen LogP contribution in [0.2, 0.25) is 0 Å². The number of alkyl halides is 3. The van der Waals surface area contributed by atoms with E-state index in [1.54, 1.807) is 0 Å². The molecule has 0 radical (unpaired) electrons. The molecule has 2 atom stereocenters. The van der Waals surface area contributed by atoms with Crippen molar-refractivity contribution in [2.75, 3.05) is 13.1 Å². The van der Waals surface area contributed by atoms with Gasteiger partial charge in [-0.3, -0.25) is 0 Å². The summed E-state index contributed by atoms with van der Waals surface area (Å²) in [6, 6.07) is 1.03. The number of halogens is 3. The van der Waals surface area contributed by atoms with Gasteiger partial charge in [-0.05, 0) is 18.9 Å². The first-order valence-corrected chi connectivity index (χ1v) is 4.77. The Bertz CT molecular complexity index is 400. The van der Waals surface area contributed by atoms with Gasteiger partial charge < -0.3 is 9.84 Å². The van der Waals surface area contributed by atoms with Crippen molar-refractivity contribution in [2.24, 2.45) is 5.92 Å². The van der Waals surface area contributed by atoms with E-state index in [4.69, 9.17) is 0 Å². The fourth-order valence-corrected chi connectivity index (χ4v) is 2.38. The van der Waals surface area contributed by atoms with Gasteiger partial charge in [-0.1, -0.05) is 5.16 Å². The molecule has 1 saturated carbocycles. The molecule has 6 heteroatoms. The van der Waals surface area contributed by atoms with E-state index in [-0.39, 0.29) is 5.41 Å². The molecule has 2 heterocycles. The van der Waals surface area contributed by atoms with Crippen LogP contribution in [0.5, 0.6) is 0 Å². The average Bonchev–Trinajstić information content (AvgIpc) is 2.63. The largest absolute Gasteiger partial charge is 0.452 e. The second-order valence-electron chi connectivity index (χ2n) is 4.26. The van der Waals surface area contributed by atoms with Gasteiger partial charge in [0.05, 0.1) is 5.69 Å². The molecular weight excluding hydrogens is 209 g/mol. The highest BCUT2D eigenvalue weighted by molar-refractivity contribution is 5.32. The monoisotopic (exact) mass is 218 g/mol. The van der Waals surface area contributed by atoms with Gasteiger partial charge in [0, 0.05) is 18.0 Å². The number of rotatable bonds is 1. The maximum absolute atomic E-state index is 12.3. The SMILES string of the molecule is FC(F)(F)c1cc(C23CNCC2C3)no1. The Labute approximate surface area is 83.6 Å². The molecule has 2 aliphatic rings. The Kier molecular flexibility index (Phi) is 1.57. The van der Waals surface area contributed by atoms with Crippen LogP contribution in [0.15, 0.2) is 10.6 Å². The van der Waals surface area contributed by atoms with Crippen LogP contribution in [0.3, 0.4) is 0 Å². The zero-order valence-corrected chi connectivity index (χ0v) is 7.77. The number of aromatic nitrogens is 1. The Hall–Kier alpha value is -1.04. The van der Waals surface area contributed by atoms with Crippen molar-refractivity contribution in [2.45, 2.75) is 18.0 Å². The molecule has 2 unspecified atom stereocenters. The van der Waals surface area contributed by atoms with E-state index < -0.39 is 11.9 Å². The van der Waals surface area contributed by atoms with Crippen LogP contribution in [0.4, 0.5) is 13.2 Å². The van der Waals surface area contributed by atoms with Gasteiger partial charge in [-0.15, -0.1) is 0 Å². The van der Waals surface area contributed by atoms with Crippen LogP contribution in [-0.2, 0) is 11.6 Å². The van der Waals surface area contributed by atoms with Gasteiger partial charge in [0.15, 0.2) is 0 Å². The molecular formula is C9H9F3N2O. The maximum atomic E-state index is 12.3. The van der Waals surface area contributed by atoms with Crippen LogP contribution in [-0.4, -0.2) is 18.2 Å². The van der Waals surface area contributed by atoms with Crippen molar-refractivity contribution in [1.82, 2.24) is 10.5 Å². The van der Waals surface area contributed by atoms with Gasteiger partial charge in [0.1, 0.15) is 0 Å². The van der Waals surface area contributed by atoms with E-state index in [1.807, 2.05) is 0 Å². The molecule has 1 saturated heterocycles. The van der Waals surface area contributed by atoms with Crippen molar-refractivity contribution < 1.29 is 17.7 Å². The molecule has 0 amide bonds. The highest BCUT2D eigenvalue weighted by Crippen LogP contribution is 2.56. The Morgan fingerprint density at radius 1 is 1.53 bits per heavy atom. The van der Waals surface area contributed by atoms with Crippen molar-refractivity contribution in [3.63, 3.8) is 0 Å². The third-order valence-electron chi connectivity index (χ3n) is 3.36. The normalized spacial score (nSPS) is 34.2. The lowest BCUT2D eigenvalue weighted by Gasteiger charge is -2.05. The number of nitrogens with one attached hydrogen (secondary N) is 1. The molecule has 1 aromatic heterocycles. The second kappa shape index (κ2) is 2.55. The minimum absolute atomic E-state index is 0.174. The first-order valence-electron chi connectivity index (χ1n) is 4.77. The Balaban J connectivity index is 1.92. The summed E-state index contributed by atoms with van der Waals surface area (Å²) >= 11 is 0. The van der Waals surface area contributed by atoms with Crippen molar-refractivity contribution in [3.8, 4) is 0 Å². The third-order valence-corrected chi connectivity index (χ3v) is 3.36. The number of piperidine rings is 1. The van der Waals surface area contributed by atoms with E-state index in [1.165, 1.54) is 0 Å². The predicted molar refractivity (Wildman–Crippen MR) is 44.2 cm³/mol. The lowest BCUT2D eigenvalue weighted by atomic mass is 10.0. The number of nitrogens with zero attached hydrogens (tertiary/aromatic N) is 1. The summed E-state index contributed by atoms with van der Waals surface area (Å²) in [5.74, 6) is -0.562. The quantitative estimate of drug-likeness (QED) is 0.777. The zero-order valence-electron chi connectivity index (χ0n) is 7.77. The minimum atomic E-state index is -4.43. The molecule has 0 spiro atoms. The molecule has 1 aliphatic carbocycles. The van der Waals surface area contributed by atoms with Crippen LogP contribution in [0, 0.1) is 5.92 Å². The van der Waals surface area contributed by atoms with E-state index in [2.05, 4.69) is 15.0 Å². The molecule has 3 nitrogen and oxygen atoms in total. The standard InChI is InChI=1S/C9H9F3N2O/c10-9(11,12)7-1-6(14-15-7)8-2-5(8)3-13-4-8/h1,5,13H,2-4H2. The van der Waals surface area contributed by atoms with Crippen molar-refractivity contribution in [1.29, 1.82) is 0 Å². The average molecular weight is 218 g/mol. The van der Waals surface area contributed by atoms with Crippen molar-refractivity contribution in [3.05, 3.63) is 17.5 Å². The van der Waals surface area contributed by atoms with Crippen LogP contribution >= 0.6 is 0 Å². The highest BCUT2D eigenvalue weighted by atomic mass is 19.4. The summed E-state index contributed by atoms with van der Waals surface area (Å²) in [6.45, 7) is 1.58. The second-order valence-corrected chi connectivity index (χ2v) is 4.26. The molecule has 0 aromatic carbocycles. The fourth-order valence-electron chi connectivity index (χ4n) is 2.38. The van der Waals surface area contributed by atoms with Crippen molar-refractivity contribution >= 4 is 0 Å². The summed E-state index contributed by atoms with van der Waals surface area (Å²) in [7, 11) is 0. The van der Waals surface area contributed by atoms with Gasteiger partial charge in [-0.25, -0.2) is 0 Å². The number of hydrogen-bond donors (Lipinski definition) is 1. The lowest BCUT2D eigenvalue weighted by Crippen LogP contribution is -2.19. The van der Waals surface area contributed by atoms with Gasteiger partial charge in [-0.2, -0.15) is 13.2 Å². The molecule has 2 fully saturated rings. The summed E-state index contributed by atoms with van der Waals surface area (Å²) in [5, 5.41) is 6.69. The maximum Gasteiger partial charge on any atom is 0.452 e. The molecule has 82 valence electrons. The van der Waals surface area contributed by atoms with Gasteiger partial charge in [0.2, 0.25) is 5.76 Å². The van der Waals surface area contributed by atoms with E-state index in [0.29, 0.717) is 18.2 Å². The minimum Gasteiger partial charge on any atom is -0.351 e. The number of fused-ring (bicyclic) bond motifs is 1. The topological polar surface area (TPSA) is 38.1 Å². The van der Waals surface area contributed by atoms with Crippen LogP contribution in [0.25, 0.3) is 0 Å². The summed E-state index contributed by atoms with van der Waals surface area (Å²) in [4.78, 5) is 0. The zero-order chi connectivity index (χ0) is 10.7. The third kappa shape index (κ3) is 1.20. The molecule has 1 N–H and O–H groups in total. The Morgan fingerprint density at radius 2 is 2.33 bits per heavy atom. The van der Waals surface area contributed by atoms with E-state index in [9.17, 15) is 13.2 Å². The van der Waals surface area contributed by atoms with E-state index in [0.717, 1.165) is 19.0 Å². The van der Waals surface area contributed by atoms with Crippen LogP contribution < -0.4 is 5.32 Å². The Morgan fingerprint density at radius 3 is 2.80 bits per heavy atom. The first kappa shape index (κ1) is 9.21. The first-order chi connectivity index (χ1) is 7.02. The number of hydrogen-bond acceptors (Lipinski definition) is 3. The summed E-state index contributed by atoms with van der Waals surface area (Å²) < 4.78 is 41.2. The molecule has 15 heavy (non-hydrogen) atoms. The molecule has 3 rings (SSSR count). The highest BCUT2D eigenvalue weighted by Gasteiger charge is 2.60. The smallest absolute Gasteiger partial charge is 0.351 e. The van der Waals surface area contributed by atoms with E-state index >= 15 is 0 Å². The summed E-state index contributed by atoms with van der Waals surface area (Å²) in [6.07, 6.45) is -3.51. The molecule has 0 bridgehead atoms. The molecule has 1 aromatic rings. The van der Waals surface area contributed by atoms with Gasteiger partial charge in [0.25, 0.3) is 0 Å². The molecule has 1 aliphatic heterocycles. The van der Waals surface area contributed by atoms with Gasteiger partial charge >= 0.3 is 6.18 Å². The summed E-state index contributed by atoms with van der Waals surface area (Å²) in [5.41, 5.74) is 0.275. The predicted octanol–water partition coefficient (Wildman–Crippen LogP) is 1.55.